The Bertz CT molecular complexity index is 439. The summed E-state index contributed by atoms with van der Waals surface area (Å²) in [6.45, 7) is 5.54. The maximum Gasteiger partial charge on any atom is 0.331 e. The maximum atomic E-state index is 11.8. The Labute approximate surface area is 112 Å². The second kappa shape index (κ2) is 6.89. The molecular formula is C14H19NO4. The fraction of sp³-hybridized carbons (Fsp3) is 0.429. The Kier molecular flexibility index (Phi) is 5.51. The number of aliphatic hydroxyl groups excluding tert-OH is 1. The largest absolute Gasteiger partial charge is 0.464 e. The Morgan fingerprint density at radius 2 is 2.00 bits per heavy atom. The number of aryl methyl sites for hydroxylation is 2. The van der Waals surface area contributed by atoms with Crippen LogP contribution in [0.4, 0.5) is 0 Å². The highest BCUT2D eigenvalue weighted by molar-refractivity contribution is 5.79. The standard InChI is InChI=1S/C14H19NO4/c1-4-19-14(18)12(15-8-16)13(17)11-9(2)6-5-7-10(11)3/h5-8,12-13,17H,4H2,1-3H3,(H,15,16). The molecule has 0 bridgehead atoms. The minimum absolute atomic E-state index is 0.190. The van der Waals surface area contributed by atoms with E-state index in [0.717, 1.165) is 11.1 Å². The quantitative estimate of drug-likeness (QED) is 0.594. The topological polar surface area (TPSA) is 75.6 Å². The normalized spacial score (nSPS) is 13.5. The van der Waals surface area contributed by atoms with Crippen LogP contribution in [0, 0.1) is 13.8 Å². The van der Waals surface area contributed by atoms with Crippen LogP contribution in [0.15, 0.2) is 18.2 Å². The van der Waals surface area contributed by atoms with Gasteiger partial charge in [0.05, 0.1) is 6.61 Å². The SMILES string of the molecule is CCOC(=O)C(NC=O)C(O)c1c(C)cccc1C. The van der Waals surface area contributed by atoms with Gasteiger partial charge in [-0.25, -0.2) is 4.79 Å². The van der Waals surface area contributed by atoms with Crippen LogP contribution in [0.5, 0.6) is 0 Å². The highest BCUT2D eigenvalue weighted by Gasteiger charge is 2.30. The number of hydrogen-bond acceptors (Lipinski definition) is 4. The molecule has 5 heteroatoms. The van der Waals surface area contributed by atoms with Crippen LogP contribution >= 0.6 is 0 Å². The lowest BCUT2D eigenvalue weighted by Gasteiger charge is -2.23. The summed E-state index contributed by atoms with van der Waals surface area (Å²) in [4.78, 5) is 22.4. The molecule has 0 aliphatic heterocycles. The van der Waals surface area contributed by atoms with Crippen molar-refractivity contribution in [3.05, 3.63) is 34.9 Å². The minimum atomic E-state index is -1.13. The first-order valence-electron chi connectivity index (χ1n) is 6.13. The van der Waals surface area contributed by atoms with Crippen molar-refractivity contribution in [3.63, 3.8) is 0 Å². The van der Waals surface area contributed by atoms with Crippen LogP contribution in [0.1, 0.15) is 29.7 Å². The monoisotopic (exact) mass is 265 g/mol. The maximum absolute atomic E-state index is 11.8. The molecule has 0 saturated heterocycles. The van der Waals surface area contributed by atoms with Crippen molar-refractivity contribution >= 4 is 12.4 Å². The molecule has 0 heterocycles. The van der Waals surface area contributed by atoms with E-state index in [0.29, 0.717) is 12.0 Å². The number of amides is 1. The molecule has 0 aromatic heterocycles. The van der Waals surface area contributed by atoms with Gasteiger partial charge in [0.2, 0.25) is 6.41 Å². The minimum Gasteiger partial charge on any atom is -0.464 e. The van der Waals surface area contributed by atoms with Gasteiger partial charge < -0.3 is 15.2 Å². The summed E-state index contributed by atoms with van der Waals surface area (Å²) in [5.74, 6) is -0.648. The van der Waals surface area contributed by atoms with E-state index >= 15 is 0 Å². The number of aliphatic hydroxyl groups is 1. The first-order valence-corrected chi connectivity index (χ1v) is 6.13. The Balaban J connectivity index is 3.08. The number of hydrogen-bond donors (Lipinski definition) is 2. The lowest BCUT2D eigenvalue weighted by atomic mass is 9.93. The van der Waals surface area contributed by atoms with Gasteiger partial charge in [0.1, 0.15) is 6.10 Å². The summed E-state index contributed by atoms with van der Waals surface area (Å²) in [7, 11) is 0. The van der Waals surface area contributed by atoms with Gasteiger partial charge in [-0.2, -0.15) is 0 Å². The zero-order valence-corrected chi connectivity index (χ0v) is 11.3. The van der Waals surface area contributed by atoms with E-state index in [1.54, 1.807) is 6.92 Å². The second-order valence-electron chi connectivity index (χ2n) is 4.26. The van der Waals surface area contributed by atoms with Crippen molar-refractivity contribution in [2.45, 2.75) is 32.9 Å². The third kappa shape index (κ3) is 3.54. The third-order valence-electron chi connectivity index (χ3n) is 2.94. The first kappa shape index (κ1) is 15.2. The molecule has 1 rings (SSSR count). The van der Waals surface area contributed by atoms with Gasteiger partial charge in [-0.1, -0.05) is 18.2 Å². The van der Waals surface area contributed by atoms with Gasteiger partial charge in [0.15, 0.2) is 6.04 Å². The number of esters is 1. The number of carbonyl (C=O) groups is 2. The van der Waals surface area contributed by atoms with Crippen molar-refractivity contribution in [1.29, 1.82) is 0 Å². The predicted octanol–water partition coefficient (Wildman–Crippen LogP) is 1.01. The Hall–Kier alpha value is -1.88. The summed E-state index contributed by atoms with van der Waals surface area (Å²) >= 11 is 0. The number of carbonyl (C=O) groups excluding carboxylic acids is 2. The molecule has 2 atom stereocenters. The van der Waals surface area contributed by atoms with Crippen LogP contribution in [-0.2, 0) is 14.3 Å². The van der Waals surface area contributed by atoms with E-state index in [-0.39, 0.29) is 6.61 Å². The highest BCUT2D eigenvalue weighted by atomic mass is 16.5. The molecule has 19 heavy (non-hydrogen) atoms. The zero-order valence-electron chi connectivity index (χ0n) is 11.3. The summed E-state index contributed by atoms with van der Waals surface area (Å²) in [6, 6.07) is 4.45. The molecule has 2 N–H and O–H groups in total. The predicted molar refractivity (Wildman–Crippen MR) is 70.5 cm³/mol. The summed E-state index contributed by atoms with van der Waals surface area (Å²) < 4.78 is 4.86. The molecule has 5 nitrogen and oxygen atoms in total. The second-order valence-corrected chi connectivity index (χ2v) is 4.26. The van der Waals surface area contributed by atoms with Gasteiger partial charge in [0.25, 0.3) is 0 Å². The Morgan fingerprint density at radius 3 is 2.47 bits per heavy atom. The fourth-order valence-corrected chi connectivity index (χ4v) is 2.05. The lowest BCUT2D eigenvalue weighted by Crippen LogP contribution is -2.42. The molecule has 1 aromatic rings. The molecule has 0 aliphatic carbocycles. The molecule has 2 unspecified atom stereocenters. The smallest absolute Gasteiger partial charge is 0.331 e. The number of nitrogens with one attached hydrogen (secondary N) is 1. The van der Waals surface area contributed by atoms with Gasteiger partial charge in [-0.15, -0.1) is 0 Å². The van der Waals surface area contributed by atoms with Crippen molar-refractivity contribution in [1.82, 2.24) is 5.32 Å². The fourth-order valence-electron chi connectivity index (χ4n) is 2.05. The van der Waals surface area contributed by atoms with Crippen LogP contribution in [0.2, 0.25) is 0 Å². The average Bonchev–Trinajstić information content (AvgIpc) is 2.35. The molecule has 0 fully saturated rings. The van der Waals surface area contributed by atoms with Crippen LogP contribution in [0.3, 0.4) is 0 Å². The van der Waals surface area contributed by atoms with E-state index < -0.39 is 18.1 Å². The van der Waals surface area contributed by atoms with E-state index in [4.69, 9.17) is 4.74 Å². The number of rotatable bonds is 6. The van der Waals surface area contributed by atoms with Crippen molar-refractivity contribution in [2.24, 2.45) is 0 Å². The molecule has 0 radical (unpaired) electrons. The van der Waals surface area contributed by atoms with Crippen molar-refractivity contribution < 1.29 is 19.4 Å². The molecule has 0 saturated carbocycles. The third-order valence-corrected chi connectivity index (χ3v) is 2.94. The van der Waals surface area contributed by atoms with Gasteiger partial charge >= 0.3 is 5.97 Å². The van der Waals surface area contributed by atoms with E-state index in [2.05, 4.69) is 5.32 Å². The van der Waals surface area contributed by atoms with Crippen molar-refractivity contribution in [3.8, 4) is 0 Å². The van der Waals surface area contributed by atoms with Crippen molar-refractivity contribution in [2.75, 3.05) is 6.61 Å². The lowest BCUT2D eigenvalue weighted by molar-refractivity contribution is -0.149. The molecule has 104 valence electrons. The summed E-state index contributed by atoms with van der Waals surface area (Å²) in [6.07, 6.45) is -0.747. The molecule has 0 spiro atoms. The molecule has 1 amide bonds. The van der Waals surface area contributed by atoms with Crippen LogP contribution < -0.4 is 5.32 Å². The number of benzene rings is 1. The van der Waals surface area contributed by atoms with Crippen LogP contribution in [0.25, 0.3) is 0 Å². The summed E-state index contributed by atoms with van der Waals surface area (Å²) in [5, 5.41) is 12.7. The van der Waals surface area contributed by atoms with Gasteiger partial charge in [-0.3, -0.25) is 4.79 Å². The highest BCUT2D eigenvalue weighted by Crippen LogP contribution is 2.25. The zero-order chi connectivity index (χ0) is 14.4. The van der Waals surface area contributed by atoms with Gasteiger partial charge in [-0.05, 0) is 37.5 Å². The van der Waals surface area contributed by atoms with E-state index in [1.807, 2.05) is 32.0 Å². The van der Waals surface area contributed by atoms with Crippen LogP contribution in [-0.4, -0.2) is 30.1 Å². The first-order chi connectivity index (χ1) is 9.02. The number of ether oxygens (including phenoxy) is 1. The van der Waals surface area contributed by atoms with E-state index in [9.17, 15) is 14.7 Å². The molecular weight excluding hydrogens is 246 g/mol. The molecule has 1 aromatic carbocycles. The summed E-state index contributed by atoms with van der Waals surface area (Å²) in [5.41, 5.74) is 2.35. The average molecular weight is 265 g/mol. The molecule has 0 aliphatic rings. The van der Waals surface area contributed by atoms with Gasteiger partial charge in [0, 0.05) is 0 Å². The van der Waals surface area contributed by atoms with E-state index in [1.165, 1.54) is 0 Å². The Morgan fingerprint density at radius 1 is 1.42 bits per heavy atom.